The molecule has 3 heteroatoms. The first-order valence-corrected chi connectivity index (χ1v) is 11.2. The van der Waals surface area contributed by atoms with E-state index < -0.39 is 0 Å². The first-order valence-electron chi connectivity index (χ1n) is 11.2. The number of rotatable bonds is 1. The van der Waals surface area contributed by atoms with E-state index in [1.165, 1.54) is 11.6 Å². The molecule has 5 rings (SSSR count). The summed E-state index contributed by atoms with van der Waals surface area (Å²) in [5, 5.41) is 10.2. The minimum absolute atomic E-state index is 0.171. The van der Waals surface area contributed by atoms with Gasteiger partial charge in [0.1, 0.15) is 5.82 Å². The zero-order chi connectivity index (χ0) is 20.4. The third-order valence-corrected chi connectivity index (χ3v) is 8.95. The normalized spacial score (nSPS) is 42.8. The van der Waals surface area contributed by atoms with Crippen molar-refractivity contribution in [3.05, 3.63) is 52.9 Å². The number of ketones is 1. The zero-order valence-corrected chi connectivity index (χ0v) is 17.5. The Balaban J connectivity index is 1.49. The number of halogens is 1. The van der Waals surface area contributed by atoms with Crippen molar-refractivity contribution in [1.29, 1.82) is 0 Å². The van der Waals surface area contributed by atoms with Crippen LogP contribution in [0.5, 0.6) is 0 Å². The lowest BCUT2D eigenvalue weighted by Gasteiger charge is -2.56. The molecule has 1 aromatic carbocycles. The smallest absolute Gasteiger partial charge is 0.165 e. The Bertz CT molecular complexity index is 915. The summed E-state index contributed by atoms with van der Waals surface area (Å²) in [4.78, 5) is 13.4. The fourth-order valence-electron chi connectivity index (χ4n) is 7.22. The number of allylic oxidation sites excluding steroid dienone is 2. The zero-order valence-electron chi connectivity index (χ0n) is 17.5. The van der Waals surface area contributed by atoms with Gasteiger partial charge in [-0.3, -0.25) is 4.79 Å². The van der Waals surface area contributed by atoms with Gasteiger partial charge in [0.2, 0.25) is 0 Å². The van der Waals surface area contributed by atoms with Crippen LogP contribution in [-0.2, 0) is 4.79 Å². The number of hydrogen-bond acceptors (Lipinski definition) is 2. The lowest BCUT2D eigenvalue weighted by atomic mass is 9.48. The van der Waals surface area contributed by atoms with Crippen molar-refractivity contribution in [2.75, 3.05) is 0 Å². The Morgan fingerprint density at radius 3 is 2.62 bits per heavy atom. The van der Waals surface area contributed by atoms with E-state index in [1.54, 1.807) is 18.2 Å². The monoisotopic (exact) mass is 394 g/mol. The highest BCUT2D eigenvalue weighted by molar-refractivity contribution is 6.06. The summed E-state index contributed by atoms with van der Waals surface area (Å²) >= 11 is 0. The highest BCUT2D eigenvalue weighted by Gasteiger charge is 2.59. The highest BCUT2D eigenvalue weighted by Crippen LogP contribution is 2.64. The number of fused-ring (bicyclic) bond motifs is 5. The molecule has 0 bridgehead atoms. The maximum Gasteiger partial charge on any atom is 0.165 e. The summed E-state index contributed by atoms with van der Waals surface area (Å²) in [5.74, 6) is 1.42. The molecule has 154 valence electrons. The van der Waals surface area contributed by atoms with Gasteiger partial charge in [-0.15, -0.1) is 0 Å². The summed E-state index contributed by atoms with van der Waals surface area (Å²) in [6.07, 6.45) is 10.6. The van der Waals surface area contributed by atoms with E-state index in [9.17, 15) is 14.3 Å². The number of benzene rings is 1. The second-order valence-corrected chi connectivity index (χ2v) is 10.3. The van der Waals surface area contributed by atoms with Gasteiger partial charge in [-0.1, -0.05) is 43.7 Å². The molecule has 0 saturated heterocycles. The van der Waals surface area contributed by atoms with Gasteiger partial charge >= 0.3 is 0 Å². The fraction of sp³-hybridized carbons (Fsp3) is 0.577. The summed E-state index contributed by atoms with van der Waals surface area (Å²) in [6.45, 7) is 4.56. The fourth-order valence-corrected chi connectivity index (χ4v) is 7.22. The van der Waals surface area contributed by atoms with Crippen molar-refractivity contribution < 1.29 is 14.3 Å². The minimum Gasteiger partial charge on any atom is -0.393 e. The molecule has 0 radical (unpaired) electrons. The SMILES string of the molecule is C[C@]12CC[C@H](O)CC1=CC[C@@H]1[C@@H]2CC[C@]2(C)C(=O)/C(=C/c3ccccc3F)C[C@@H]12. The van der Waals surface area contributed by atoms with Crippen molar-refractivity contribution in [1.82, 2.24) is 0 Å². The molecule has 0 aromatic heterocycles. The maximum atomic E-state index is 14.2. The molecule has 0 heterocycles. The van der Waals surface area contributed by atoms with Crippen LogP contribution in [0.1, 0.15) is 64.4 Å². The number of aliphatic hydroxyl groups excluding tert-OH is 1. The van der Waals surface area contributed by atoms with Crippen molar-refractivity contribution >= 4 is 11.9 Å². The number of Topliss-reactive ketones (excluding diaryl/α,β-unsaturated/α-hetero) is 1. The molecule has 4 aliphatic carbocycles. The lowest BCUT2D eigenvalue weighted by Crippen LogP contribution is -2.50. The highest BCUT2D eigenvalue weighted by atomic mass is 19.1. The predicted molar refractivity (Wildman–Crippen MR) is 112 cm³/mol. The largest absolute Gasteiger partial charge is 0.393 e. The van der Waals surface area contributed by atoms with Crippen LogP contribution in [0.4, 0.5) is 4.39 Å². The molecule has 2 nitrogen and oxygen atoms in total. The Hall–Kier alpha value is -1.74. The Morgan fingerprint density at radius 2 is 1.83 bits per heavy atom. The van der Waals surface area contributed by atoms with E-state index in [0.29, 0.717) is 23.3 Å². The van der Waals surface area contributed by atoms with Crippen molar-refractivity contribution in [2.24, 2.45) is 28.6 Å². The van der Waals surface area contributed by atoms with E-state index in [4.69, 9.17) is 0 Å². The molecule has 4 aliphatic rings. The topological polar surface area (TPSA) is 37.3 Å². The molecule has 0 aliphatic heterocycles. The molecule has 6 atom stereocenters. The number of hydrogen-bond donors (Lipinski definition) is 1. The van der Waals surface area contributed by atoms with Gasteiger partial charge < -0.3 is 5.11 Å². The lowest BCUT2D eigenvalue weighted by molar-refractivity contribution is -0.130. The summed E-state index contributed by atoms with van der Waals surface area (Å²) in [5.41, 5.74) is 2.64. The third-order valence-electron chi connectivity index (χ3n) is 8.95. The van der Waals surface area contributed by atoms with E-state index in [0.717, 1.165) is 50.5 Å². The van der Waals surface area contributed by atoms with Gasteiger partial charge in [0.05, 0.1) is 6.10 Å². The Kier molecular flexibility index (Phi) is 4.40. The molecule has 29 heavy (non-hydrogen) atoms. The molecule has 3 saturated carbocycles. The summed E-state index contributed by atoms with van der Waals surface area (Å²) in [6, 6.07) is 6.73. The van der Waals surface area contributed by atoms with E-state index in [1.807, 2.05) is 6.07 Å². The standard InChI is InChI=1S/C26H31FO2/c1-25-11-9-19(28)15-18(25)7-8-20-21(25)10-12-26(2)22(20)14-17(24(26)29)13-16-5-3-4-6-23(16)27/h3-7,13,19-22,28H,8-12,14-15H2,1-2H3/b17-13+/t19-,20+,21-,22-,25-,26-/m0/s1. The van der Waals surface area contributed by atoms with Crippen molar-refractivity contribution in [3.8, 4) is 0 Å². The third kappa shape index (κ3) is 2.80. The van der Waals surface area contributed by atoms with Crippen LogP contribution in [0.2, 0.25) is 0 Å². The number of carbonyl (C=O) groups excluding carboxylic acids is 1. The molecular weight excluding hydrogens is 363 g/mol. The molecule has 0 amide bonds. The van der Waals surface area contributed by atoms with Gasteiger partial charge in [0, 0.05) is 11.0 Å². The molecular formula is C26H31FO2. The molecule has 0 spiro atoms. The minimum atomic E-state index is -0.311. The number of carbonyl (C=O) groups is 1. The van der Waals surface area contributed by atoms with Gasteiger partial charge in [0.25, 0.3) is 0 Å². The molecule has 3 fully saturated rings. The van der Waals surface area contributed by atoms with Crippen molar-refractivity contribution in [3.63, 3.8) is 0 Å². The van der Waals surface area contributed by atoms with Crippen molar-refractivity contribution in [2.45, 2.75) is 64.9 Å². The second kappa shape index (κ2) is 6.63. The molecule has 1 aromatic rings. The van der Waals surface area contributed by atoms with E-state index >= 15 is 0 Å². The van der Waals surface area contributed by atoms with Crippen LogP contribution < -0.4 is 0 Å². The summed E-state index contributed by atoms with van der Waals surface area (Å²) in [7, 11) is 0. The summed E-state index contributed by atoms with van der Waals surface area (Å²) < 4.78 is 14.2. The Labute approximate surface area is 172 Å². The van der Waals surface area contributed by atoms with Crippen LogP contribution >= 0.6 is 0 Å². The quantitative estimate of drug-likeness (QED) is 0.489. The predicted octanol–water partition coefficient (Wildman–Crippen LogP) is 5.71. The Morgan fingerprint density at radius 1 is 1.07 bits per heavy atom. The maximum absolute atomic E-state index is 14.2. The number of aliphatic hydroxyl groups is 1. The van der Waals surface area contributed by atoms with Gasteiger partial charge in [-0.2, -0.15) is 0 Å². The van der Waals surface area contributed by atoms with Gasteiger partial charge in [0.15, 0.2) is 5.78 Å². The molecule has 1 N–H and O–H groups in total. The van der Waals surface area contributed by atoms with Crippen LogP contribution in [0, 0.1) is 34.4 Å². The van der Waals surface area contributed by atoms with Crippen LogP contribution in [0.3, 0.4) is 0 Å². The van der Waals surface area contributed by atoms with E-state index in [-0.39, 0.29) is 28.5 Å². The van der Waals surface area contributed by atoms with Crippen LogP contribution in [-0.4, -0.2) is 17.0 Å². The second-order valence-electron chi connectivity index (χ2n) is 10.3. The van der Waals surface area contributed by atoms with Crippen LogP contribution in [0.25, 0.3) is 6.08 Å². The van der Waals surface area contributed by atoms with E-state index in [2.05, 4.69) is 19.9 Å². The van der Waals surface area contributed by atoms with Gasteiger partial charge in [-0.05, 0) is 85.8 Å². The first kappa shape index (κ1) is 19.2. The first-order chi connectivity index (χ1) is 13.8. The average Bonchev–Trinajstić information content (AvgIpc) is 2.95. The molecule has 0 unspecified atom stereocenters. The average molecular weight is 395 g/mol. The van der Waals surface area contributed by atoms with Gasteiger partial charge in [-0.25, -0.2) is 4.39 Å². The van der Waals surface area contributed by atoms with Crippen LogP contribution in [0.15, 0.2) is 41.5 Å².